The second-order valence-electron chi connectivity index (χ2n) is 5.24. The summed E-state index contributed by atoms with van der Waals surface area (Å²) in [6.07, 6.45) is 0. The molecule has 0 fully saturated rings. The maximum Gasteiger partial charge on any atom is 0.251 e. The minimum Gasteiger partial charge on any atom is -0.497 e. The Bertz CT molecular complexity index is 645. The van der Waals surface area contributed by atoms with Crippen LogP contribution in [0.3, 0.4) is 0 Å². The highest BCUT2D eigenvalue weighted by molar-refractivity contribution is 5.95. The van der Waals surface area contributed by atoms with E-state index in [2.05, 4.69) is 5.32 Å². The molecule has 2 aromatic rings. The van der Waals surface area contributed by atoms with E-state index in [-0.39, 0.29) is 5.91 Å². The van der Waals surface area contributed by atoms with Gasteiger partial charge in [0, 0.05) is 24.8 Å². The Kier molecular flexibility index (Phi) is 6.63. The van der Waals surface area contributed by atoms with E-state index in [1.165, 1.54) is 0 Å². The van der Waals surface area contributed by atoms with Gasteiger partial charge in [0.25, 0.3) is 5.91 Å². The molecule has 0 saturated heterocycles. The van der Waals surface area contributed by atoms with Gasteiger partial charge in [0.05, 0.1) is 20.8 Å². The number of rotatable bonds is 8. The fourth-order valence-corrected chi connectivity index (χ4v) is 2.20. The number of hydrogen-bond acceptors (Lipinski definition) is 4. The van der Waals surface area contributed by atoms with Crippen LogP contribution in [-0.4, -0.2) is 26.7 Å². The molecular weight excluding hydrogens is 306 g/mol. The average molecular weight is 329 g/mol. The van der Waals surface area contributed by atoms with E-state index in [4.69, 9.17) is 14.2 Å². The van der Waals surface area contributed by atoms with Crippen LogP contribution in [0.2, 0.25) is 0 Å². The lowest BCUT2D eigenvalue weighted by molar-refractivity contribution is 0.0950. The van der Waals surface area contributed by atoms with Gasteiger partial charge in [-0.2, -0.15) is 0 Å². The van der Waals surface area contributed by atoms with Crippen molar-refractivity contribution in [3.05, 3.63) is 59.2 Å². The molecule has 1 amide bonds. The van der Waals surface area contributed by atoms with Crippen molar-refractivity contribution in [3.8, 4) is 11.5 Å². The normalized spacial score (nSPS) is 10.3. The lowest BCUT2D eigenvalue weighted by Crippen LogP contribution is -2.22. The summed E-state index contributed by atoms with van der Waals surface area (Å²) in [5.41, 5.74) is 2.64. The van der Waals surface area contributed by atoms with Gasteiger partial charge in [-0.15, -0.1) is 0 Å². The van der Waals surface area contributed by atoms with Gasteiger partial charge in [-0.05, 0) is 30.2 Å². The zero-order chi connectivity index (χ0) is 17.4. The summed E-state index contributed by atoms with van der Waals surface area (Å²) >= 11 is 0. The standard InChI is InChI=1S/C19H23NO4/c1-4-24-13-15-7-5-14(6-8-15)12-20-19(21)16-9-17(22-2)11-18(10-16)23-3/h5-11H,4,12-13H2,1-3H3,(H,20,21). The number of hydrogen-bond donors (Lipinski definition) is 1. The second-order valence-corrected chi connectivity index (χ2v) is 5.24. The van der Waals surface area contributed by atoms with Crippen LogP contribution in [0.4, 0.5) is 0 Å². The van der Waals surface area contributed by atoms with Gasteiger partial charge in [-0.3, -0.25) is 4.79 Å². The molecule has 0 aliphatic rings. The number of carbonyl (C=O) groups is 1. The van der Waals surface area contributed by atoms with Crippen molar-refractivity contribution in [2.75, 3.05) is 20.8 Å². The molecule has 2 aromatic carbocycles. The molecule has 0 heterocycles. The molecule has 0 spiro atoms. The minimum absolute atomic E-state index is 0.175. The largest absolute Gasteiger partial charge is 0.497 e. The monoisotopic (exact) mass is 329 g/mol. The van der Waals surface area contributed by atoms with E-state index in [1.807, 2.05) is 31.2 Å². The van der Waals surface area contributed by atoms with Crippen molar-refractivity contribution < 1.29 is 19.0 Å². The van der Waals surface area contributed by atoms with Crippen molar-refractivity contribution in [1.82, 2.24) is 5.32 Å². The molecule has 0 aliphatic carbocycles. The number of ether oxygens (including phenoxy) is 3. The summed E-state index contributed by atoms with van der Waals surface area (Å²) in [5.74, 6) is 0.991. The first kappa shape index (κ1) is 17.8. The van der Waals surface area contributed by atoms with E-state index >= 15 is 0 Å². The Labute approximate surface area is 142 Å². The predicted molar refractivity (Wildman–Crippen MR) is 92.5 cm³/mol. The summed E-state index contributed by atoms with van der Waals surface area (Å²) in [6, 6.07) is 13.1. The number of carbonyl (C=O) groups excluding carboxylic acids is 1. The average Bonchev–Trinajstić information content (AvgIpc) is 2.64. The van der Waals surface area contributed by atoms with Crippen LogP contribution in [0.15, 0.2) is 42.5 Å². The summed E-state index contributed by atoms with van der Waals surface area (Å²) in [7, 11) is 3.11. The van der Waals surface area contributed by atoms with Crippen molar-refractivity contribution >= 4 is 5.91 Å². The van der Waals surface area contributed by atoms with Gasteiger partial charge in [0.15, 0.2) is 0 Å². The zero-order valence-electron chi connectivity index (χ0n) is 14.3. The summed E-state index contributed by atoms with van der Waals surface area (Å²) < 4.78 is 15.7. The maximum atomic E-state index is 12.3. The van der Waals surface area contributed by atoms with Crippen molar-refractivity contribution in [1.29, 1.82) is 0 Å². The van der Waals surface area contributed by atoms with Gasteiger partial charge in [-0.1, -0.05) is 24.3 Å². The number of benzene rings is 2. The molecule has 0 saturated carbocycles. The molecule has 1 N–H and O–H groups in total. The van der Waals surface area contributed by atoms with Crippen LogP contribution in [-0.2, 0) is 17.9 Å². The highest BCUT2D eigenvalue weighted by Crippen LogP contribution is 2.22. The summed E-state index contributed by atoms with van der Waals surface area (Å²) in [5, 5.41) is 2.90. The molecule has 0 atom stereocenters. The molecule has 0 unspecified atom stereocenters. The van der Waals surface area contributed by atoms with Gasteiger partial charge >= 0.3 is 0 Å². The van der Waals surface area contributed by atoms with Crippen LogP contribution in [0, 0.1) is 0 Å². The summed E-state index contributed by atoms with van der Waals surface area (Å²) in [4.78, 5) is 12.3. The predicted octanol–water partition coefficient (Wildman–Crippen LogP) is 3.17. The van der Waals surface area contributed by atoms with E-state index in [1.54, 1.807) is 32.4 Å². The topological polar surface area (TPSA) is 56.8 Å². The summed E-state index contributed by atoms with van der Waals surface area (Å²) in [6.45, 7) is 3.72. The first-order valence-corrected chi connectivity index (χ1v) is 7.83. The van der Waals surface area contributed by atoms with Gasteiger partial charge in [-0.25, -0.2) is 0 Å². The fourth-order valence-electron chi connectivity index (χ4n) is 2.20. The third kappa shape index (κ3) is 4.99. The van der Waals surface area contributed by atoms with Crippen molar-refractivity contribution in [2.45, 2.75) is 20.1 Å². The Hall–Kier alpha value is -2.53. The third-order valence-corrected chi connectivity index (χ3v) is 3.56. The molecule has 128 valence electrons. The van der Waals surface area contributed by atoms with Crippen LogP contribution in [0.25, 0.3) is 0 Å². The van der Waals surface area contributed by atoms with Crippen LogP contribution in [0.5, 0.6) is 11.5 Å². The molecule has 0 radical (unpaired) electrons. The van der Waals surface area contributed by atoms with E-state index in [9.17, 15) is 4.79 Å². The third-order valence-electron chi connectivity index (χ3n) is 3.56. The second kappa shape index (κ2) is 8.93. The van der Waals surface area contributed by atoms with Gasteiger partial charge in [0.1, 0.15) is 11.5 Å². The van der Waals surface area contributed by atoms with Crippen LogP contribution >= 0.6 is 0 Å². The number of amides is 1. The minimum atomic E-state index is -0.175. The zero-order valence-corrected chi connectivity index (χ0v) is 14.3. The van der Waals surface area contributed by atoms with Gasteiger partial charge < -0.3 is 19.5 Å². The number of nitrogens with one attached hydrogen (secondary N) is 1. The lowest BCUT2D eigenvalue weighted by atomic mass is 10.1. The molecule has 5 nitrogen and oxygen atoms in total. The van der Waals surface area contributed by atoms with E-state index in [0.717, 1.165) is 11.1 Å². The van der Waals surface area contributed by atoms with Crippen LogP contribution in [0.1, 0.15) is 28.4 Å². The van der Waals surface area contributed by atoms with Crippen molar-refractivity contribution in [2.24, 2.45) is 0 Å². The Morgan fingerprint density at radius 3 is 2.08 bits per heavy atom. The smallest absolute Gasteiger partial charge is 0.251 e. The molecule has 5 heteroatoms. The highest BCUT2D eigenvalue weighted by atomic mass is 16.5. The molecule has 24 heavy (non-hydrogen) atoms. The van der Waals surface area contributed by atoms with Crippen LogP contribution < -0.4 is 14.8 Å². The Morgan fingerprint density at radius 2 is 1.54 bits per heavy atom. The maximum absolute atomic E-state index is 12.3. The molecule has 0 bridgehead atoms. The Morgan fingerprint density at radius 1 is 0.958 bits per heavy atom. The highest BCUT2D eigenvalue weighted by Gasteiger charge is 2.09. The quantitative estimate of drug-likeness (QED) is 0.808. The number of methoxy groups -OCH3 is 2. The molecule has 0 aromatic heterocycles. The van der Waals surface area contributed by atoms with E-state index in [0.29, 0.717) is 36.8 Å². The Balaban J connectivity index is 1.97. The molecule has 2 rings (SSSR count). The molecular formula is C19H23NO4. The van der Waals surface area contributed by atoms with Gasteiger partial charge in [0.2, 0.25) is 0 Å². The first-order valence-electron chi connectivity index (χ1n) is 7.83. The molecule has 0 aliphatic heterocycles. The fraction of sp³-hybridized carbons (Fsp3) is 0.316. The van der Waals surface area contributed by atoms with E-state index < -0.39 is 0 Å². The SMILES string of the molecule is CCOCc1ccc(CNC(=O)c2cc(OC)cc(OC)c2)cc1. The lowest BCUT2D eigenvalue weighted by Gasteiger charge is -2.10. The first-order chi connectivity index (χ1) is 11.7. The van der Waals surface area contributed by atoms with Crippen molar-refractivity contribution in [3.63, 3.8) is 0 Å².